The Morgan fingerprint density at radius 3 is 1.80 bits per heavy atom. The maximum absolute atomic E-state index is 11.8. The van der Waals surface area contributed by atoms with E-state index >= 15 is 0 Å². The van der Waals surface area contributed by atoms with E-state index in [9.17, 15) is 4.79 Å². The number of carbonyl (C=O) groups excluding carboxylic acids is 1. The Morgan fingerprint density at radius 1 is 0.800 bits per heavy atom. The summed E-state index contributed by atoms with van der Waals surface area (Å²) in [6.07, 6.45) is 20.6. The number of hydrogen-bond acceptors (Lipinski definition) is 2. The second-order valence-corrected chi connectivity index (χ2v) is 7.07. The number of pyridine rings is 1. The van der Waals surface area contributed by atoms with Crippen LogP contribution in [-0.2, 0) is 0 Å². The van der Waals surface area contributed by atoms with Crippen molar-refractivity contribution in [2.24, 2.45) is 0 Å². The smallest absolute Gasteiger partial charge is 0.269 e. The Hall–Kier alpha value is -1.38. The quantitative estimate of drug-likeness (QED) is 0.357. The summed E-state index contributed by atoms with van der Waals surface area (Å²) in [5, 5.41) is 2.94. The second kappa shape index (κ2) is 16.1. The molecule has 0 radical (unpaired) electrons. The SMILES string of the molecule is CCCCCCCCCCCCCCCCNC(=O)c1ccccn1. The van der Waals surface area contributed by atoms with E-state index in [1.165, 1.54) is 83.5 Å². The molecule has 0 saturated carbocycles. The lowest BCUT2D eigenvalue weighted by atomic mass is 10.0. The Kier molecular flexibility index (Phi) is 14.0. The van der Waals surface area contributed by atoms with Crippen LogP contribution in [0.4, 0.5) is 0 Å². The van der Waals surface area contributed by atoms with E-state index in [1.807, 2.05) is 12.1 Å². The Morgan fingerprint density at radius 2 is 1.32 bits per heavy atom. The van der Waals surface area contributed by atoms with Crippen LogP contribution in [0, 0.1) is 0 Å². The van der Waals surface area contributed by atoms with Gasteiger partial charge in [0.2, 0.25) is 0 Å². The number of carbonyl (C=O) groups is 1. The van der Waals surface area contributed by atoms with Crippen LogP contribution < -0.4 is 5.32 Å². The first-order chi connectivity index (χ1) is 12.3. The summed E-state index contributed by atoms with van der Waals surface area (Å²) in [6, 6.07) is 5.42. The molecule has 3 nitrogen and oxygen atoms in total. The average Bonchev–Trinajstić information content (AvgIpc) is 2.65. The lowest BCUT2D eigenvalue weighted by Crippen LogP contribution is -2.25. The molecular formula is C22H38N2O. The van der Waals surface area contributed by atoms with E-state index in [-0.39, 0.29) is 5.91 Å². The van der Waals surface area contributed by atoms with Gasteiger partial charge in [-0.25, -0.2) is 0 Å². The van der Waals surface area contributed by atoms with Crippen molar-refractivity contribution in [3.63, 3.8) is 0 Å². The third-order valence-electron chi connectivity index (χ3n) is 4.71. The molecule has 0 fully saturated rings. The number of hydrogen-bond donors (Lipinski definition) is 1. The summed E-state index contributed by atoms with van der Waals surface area (Å²) in [5.41, 5.74) is 0.507. The number of nitrogens with zero attached hydrogens (tertiary/aromatic N) is 1. The first kappa shape index (κ1) is 21.7. The van der Waals surface area contributed by atoms with Gasteiger partial charge in [-0.15, -0.1) is 0 Å². The third-order valence-corrected chi connectivity index (χ3v) is 4.71. The molecule has 0 atom stereocenters. The van der Waals surface area contributed by atoms with Gasteiger partial charge in [0, 0.05) is 12.7 Å². The highest BCUT2D eigenvalue weighted by Gasteiger charge is 2.04. The molecule has 1 aromatic rings. The summed E-state index contributed by atoms with van der Waals surface area (Å²) < 4.78 is 0. The van der Waals surface area contributed by atoms with E-state index < -0.39 is 0 Å². The molecule has 0 aliphatic heterocycles. The molecule has 0 unspecified atom stereocenters. The van der Waals surface area contributed by atoms with Gasteiger partial charge in [0.1, 0.15) is 5.69 Å². The second-order valence-electron chi connectivity index (χ2n) is 7.07. The standard InChI is InChI=1S/C22H38N2O/c1-2-3-4-5-6-7-8-9-10-11-12-13-14-16-20-24-22(25)21-18-15-17-19-23-21/h15,17-19H,2-14,16,20H2,1H3,(H,24,25). The number of rotatable bonds is 16. The van der Waals surface area contributed by atoms with Gasteiger partial charge in [0.25, 0.3) is 5.91 Å². The van der Waals surface area contributed by atoms with Gasteiger partial charge in [0.05, 0.1) is 0 Å². The van der Waals surface area contributed by atoms with E-state index in [0.29, 0.717) is 5.69 Å². The van der Waals surface area contributed by atoms with Gasteiger partial charge >= 0.3 is 0 Å². The molecule has 0 aliphatic carbocycles. The summed E-state index contributed by atoms with van der Waals surface area (Å²) in [7, 11) is 0. The van der Waals surface area contributed by atoms with Crippen molar-refractivity contribution in [3.05, 3.63) is 30.1 Å². The zero-order valence-corrected chi connectivity index (χ0v) is 16.3. The van der Waals surface area contributed by atoms with Gasteiger partial charge in [-0.3, -0.25) is 9.78 Å². The largest absolute Gasteiger partial charge is 0.351 e. The van der Waals surface area contributed by atoms with E-state index in [4.69, 9.17) is 0 Å². The van der Waals surface area contributed by atoms with E-state index in [2.05, 4.69) is 17.2 Å². The molecule has 3 heteroatoms. The van der Waals surface area contributed by atoms with Crippen LogP contribution in [0.15, 0.2) is 24.4 Å². The summed E-state index contributed by atoms with van der Waals surface area (Å²) in [6.45, 7) is 3.03. The van der Waals surface area contributed by atoms with Crippen molar-refractivity contribution < 1.29 is 4.79 Å². The first-order valence-corrected chi connectivity index (χ1v) is 10.5. The minimum Gasteiger partial charge on any atom is -0.351 e. The zero-order valence-electron chi connectivity index (χ0n) is 16.3. The van der Waals surface area contributed by atoms with Crippen molar-refractivity contribution in [2.75, 3.05) is 6.54 Å². The molecule has 0 saturated heterocycles. The minimum atomic E-state index is -0.0599. The molecule has 1 amide bonds. The lowest BCUT2D eigenvalue weighted by molar-refractivity contribution is 0.0948. The van der Waals surface area contributed by atoms with Crippen molar-refractivity contribution in [1.29, 1.82) is 0 Å². The van der Waals surface area contributed by atoms with Crippen molar-refractivity contribution in [1.82, 2.24) is 10.3 Å². The normalized spacial score (nSPS) is 10.8. The van der Waals surface area contributed by atoms with Crippen LogP contribution in [0.2, 0.25) is 0 Å². The third kappa shape index (κ3) is 12.6. The maximum atomic E-state index is 11.8. The van der Waals surface area contributed by atoms with Gasteiger partial charge < -0.3 is 5.32 Å². The Labute approximate surface area is 155 Å². The molecule has 25 heavy (non-hydrogen) atoms. The number of unbranched alkanes of at least 4 members (excludes halogenated alkanes) is 13. The maximum Gasteiger partial charge on any atom is 0.269 e. The molecule has 0 spiro atoms. The van der Waals surface area contributed by atoms with Gasteiger partial charge in [-0.05, 0) is 18.6 Å². The fraction of sp³-hybridized carbons (Fsp3) is 0.727. The molecule has 1 rings (SSSR count). The van der Waals surface area contributed by atoms with Crippen LogP contribution >= 0.6 is 0 Å². The molecule has 0 aromatic carbocycles. The predicted octanol–water partition coefficient (Wildman–Crippen LogP) is 6.29. The number of amides is 1. The summed E-state index contributed by atoms with van der Waals surface area (Å²) in [4.78, 5) is 15.9. The molecule has 0 aliphatic rings. The van der Waals surface area contributed by atoms with Crippen LogP contribution in [0.3, 0.4) is 0 Å². The van der Waals surface area contributed by atoms with Crippen LogP contribution in [0.25, 0.3) is 0 Å². The van der Waals surface area contributed by atoms with Gasteiger partial charge in [0.15, 0.2) is 0 Å². The fourth-order valence-electron chi connectivity index (χ4n) is 3.11. The molecule has 1 aromatic heterocycles. The molecule has 1 N–H and O–H groups in total. The average molecular weight is 347 g/mol. The Balaban J connectivity index is 1.78. The first-order valence-electron chi connectivity index (χ1n) is 10.5. The molecule has 142 valence electrons. The van der Waals surface area contributed by atoms with Gasteiger partial charge in [-0.1, -0.05) is 96.5 Å². The van der Waals surface area contributed by atoms with E-state index in [1.54, 1.807) is 12.3 Å². The zero-order chi connectivity index (χ0) is 18.0. The highest BCUT2D eigenvalue weighted by atomic mass is 16.1. The monoisotopic (exact) mass is 346 g/mol. The highest BCUT2D eigenvalue weighted by molar-refractivity contribution is 5.92. The molecular weight excluding hydrogens is 308 g/mol. The molecule has 0 bridgehead atoms. The Bertz CT molecular complexity index is 419. The highest BCUT2D eigenvalue weighted by Crippen LogP contribution is 2.12. The number of nitrogens with one attached hydrogen (secondary N) is 1. The summed E-state index contributed by atoms with van der Waals surface area (Å²) in [5.74, 6) is -0.0599. The topological polar surface area (TPSA) is 42.0 Å². The van der Waals surface area contributed by atoms with Crippen molar-refractivity contribution in [2.45, 2.75) is 96.8 Å². The van der Waals surface area contributed by atoms with Crippen LogP contribution in [0.1, 0.15) is 107 Å². The van der Waals surface area contributed by atoms with Crippen molar-refractivity contribution >= 4 is 5.91 Å². The van der Waals surface area contributed by atoms with Crippen molar-refractivity contribution in [3.8, 4) is 0 Å². The molecule has 1 heterocycles. The number of aromatic nitrogens is 1. The lowest BCUT2D eigenvalue weighted by Gasteiger charge is -2.05. The minimum absolute atomic E-state index is 0.0599. The van der Waals surface area contributed by atoms with Crippen LogP contribution in [-0.4, -0.2) is 17.4 Å². The van der Waals surface area contributed by atoms with Crippen LogP contribution in [0.5, 0.6) is 0 Å². The fourth-order valence-corrected chi connectivity index (χ4v) is 3.11. The van der Waals surface area contributed by atoms with E-state index in [0.717, 1.165) is 13.0 Å². The summed E-state index contributed by atoms with van der Waals surface area (Å²) >= 11 is 0. The predicted molar refractivity (Wildman–Crippen MR) is 107 cm³/mol. The van der Waals surface area contributed by atoms with Gasteiger partial charge in [-0.2, -0.15) is 0 Å².